The second-order valence-corrected chi connectivity index (χ2v) is 8.04. The van der Waals surface area contributed by atoms with Gasteiger partial charge in [-0.3, -0.25) is 29.4 Å². The van der Waals surface area contributed by atoms with Gasteiger partial charge in [-0.05, 0) is 31.0 Å². The zero-order valence-corrected chi connectivity index (χ0v) is 15.0. The summed E-state index contributed by atoms with van der Waals surface area (Å²) in [6.07, 6.45) is 0.293. The van der Waals surface area contributed by atoms with Gasteiger partial charge < -0.3 is 10.2 Å². The molecule has 0 aromatic heterocycles. The zero-order chi connectivity index (χ0) is 18.9. The Bertz CT molecular complexity index is 913. The maximum absolute atomic E-state index is 13.0. The van der Waals surface area contributed by atoms with Crippen LogP contribution in [0, 0.1) is 12.3 Å². The van der Waals surface area contributed by atoms with Crippen molar-refractivity contribution in [1.82, 2.24) is 15.5 Å². The van der Waals surface area contributed by atoms with E-state index >= 15 is 0 Å². The minimum atomic E-state index is -0.925. The quantitative estimate of drug-likeness (QED) is 0.702. The normalized spacial score (nSPS) is 26.0. The van der Waals surface area contributed by atoms with Gasteiger partial charge in [-0.2, -0.15) is 0 Å². The maximum Gasteiger partial charge on any atom is 0.262 e. The third-order valence-electron chi connectivity index (χ3n) is 6.23. The summed E-state index contributed by atoms with van der Waals surface area (Å²) < 4.78 is 0. The van der Waals surface area contributed by atoms with E-state index in [4.69, 9.17) is 0 Å². The molecule has 3 fully saturated rings. The molecule has 2 N–H and O–H groups in total. The third kappa shape index (κ3) is 2.19. The molecule has 1 aromatic carbocycles. The van der Waals surface area contributed by atoms with Crippen LogP contribution in [0.4, 0.5) is 5.69 Å². The number of imide groups is 2. The number of carbonyl (C=O) groups is 4. The van der Waals surface area contributed by atoms with E-state index in [0.717, 1.165) is 42.3 Å². The largest absolute Gasteiger partial charge is 0.370 e. The highest BCUT2D eigenvalue weighted by molar-refractivity contribution is 6.24. The van der Waals surface area contributed by atoms with Gasteiger partial charge in [-0.25, -0.2) is 0 Å². The first-order chi connectivity index (χ1) is 12.9. The molecule has 5 rings (SSSR count). The van der Waals surface area contributed by atoms with Gasteiger partial charge in [0.1, 0.15) is 6.04 Å². The summed E-state index contributed by atoms with van der Waals surface area (Å²) in [6.45, 7) is 5.79. The van der Waals surface area contributed by atoms with E-state index in [2.05, 4.69) is 15.5 Å². The molecule has 1 atom stereocenters. The topological polar surface area (TPSA) is 98.8 Å². The number of anilines is 1. The molecule has 8 nitrogen and oxygen atoms in total. The van der Waals surface area contributed by atoms with Crippen LogP contribution in [-0.4, -0.2) is 60.7 Å². The molecule has 4 aliphatic heterocycles. The summed E-state index contributed by atoms with van der Waals surface area (Å²) in [6, 6.07) is 2.66. The first kappa shape index (κ1) is 16.4. The molecule has 1 spiro atoms. The molecule has 140 valence electrons. The lowest BCUT2D eigenvalue weighted by Crippen LogP contribution is -2.71. The van der Waals surface area contributed by atoms with Gasteiger partial charge in [0.05, 0.1) is 11.1 Å². The van der Waals surface area contributed by atoms with Crippen molar-refractivity contribution >= 4 is 29.3 Å². The van der Waals surface area contributed by atoms with Crippen LogP contribution in [0.15, 0.2) is 12.1 Å². The smallest absolute Gasteiger partial charge is 0.262 e. The lowest BCUT2D eigenvalue weighted by Gasteiger charge is -2.57. The molecule has 27 heavy (non-hydrogen) atoms. The Balaban J connectivity index is 1.45. The number of rotatable bonds is 2. The fourth-order valence-electron chi connectivity index (χ4n) is 4.69. The summed E-state index contributed by atoms with van der Waals surface area (Å²) in [5.41, 5.74) is 2.83. The van der Waals surface area contributed by atoms with Crippen LogP contribution in [0.1, 0.15) is 39.1 Å². The molecular weight excluding hydrogens is 348 g/mol. The Morgan fingerprint density at radius 3 is 2.44 bits per heavy atom. The predicted octanol–water partition coefficient (Wildman–Crippen LogP) is -0.194. The number of piperidine rings is 1. The van der Waals surface area contributed by atoms with Crippen LogP contribution in [0.2, 0.25) is 0 Å². The first-order valence-electron chi connectivity index (χ1n) is 9.21. The molecular formula is C19H20N4O4. The summed E-state index contributed by atoms with van der Waals surface area (Å²) in [5.74, 6) is -1.85. The Kier molecular flexibility index (Phi) is 3.28. The van der Waals surface area contributed by atoms with E-state index in [1.165, 1.54) is 0 Å². The third-order valence-corrected chi connectivity index (χ3v) is 6.23. The second-order valence-electron chi connectivity index (χ2n) is 8.04. The number of nitrogens with zero attached hydrogens (tertiary/aromatic N) is 2. The monoisotopic (exact) mass is 368 g/mol. The van der Waals surface area contributed by atoms with Crippen LogP contribution in [-0.2, 0) is 9.59 Å². The Morgan fingerprint density at radius 1 is 1.07 bits per heavy atom. The highest BCUT2D eigenvalue weighted by Gasteiger charge is 2.49. The van der Waals surface area contributed by atoms with Gasteiger partial charge in [0.25, 0.3) is 11.8 Å². The first-order valence-corrected chi connectivity index (χ1v) is 9.21. The van der Waals surface area contributed by atoms with Gasteiger partial charge >= 0.3 is 0 Å². The maximum atomic E-state index is 13.0. The van der Waals surface area contributed by atoms with Gasteiger partial charge in [0, 0.05) is 43.7 Å². The van der Waals surface area contributed by atoms with Gasteiger partial charge in [-0.1, -0.05) is 0 Å². The van der Waals surface area contributed by atoms with Crippen molar-refractivity contribution in [2.45, 2.75) is 25.8 Å². The molecule has 8 heteroatoms. The average Bonchev–Trinajstić information content (AvgIpc) is 2.79. The number of nitrogens with one attached hydrogen (secondary N) is 2. The van der Waals surface area contributed by atoms with Crippen molar-refractivity contribution in [3.8, 4) is 0 Å². The van der Waals surface area contributed by atoms with E-state index in [1.54, 1.807) is 6.07 Å². The van der Waals surface area contributed by atoms with Crippen molar-refractivity contribution in [2.24, 2.45) is 5.41 Å². The Labute approximate surface area is 155 Å². The summed E-state index contributed by atoms with van der Waals surface area (Å²) in [7, 11) is 0. The lowest BCUT2D eigenvalue weighted by atomic mass is 9.74. The predicted molar refractivity (Wildman–Crippen MR) is 95.4 cm³/mol. The van der Waals surface area contributed by atoms with Gasteiger partial charge in [0.2, 0.25) is 11.8 Å². The number of amides is 4. The molecule has 4 amide bonds. The van der Waals surface area contributed by atoms with Crippen LogP contribution in [0.3, 0.4) is 0 Å². The number of benzene rings is 1. The van der Waals surface area contributed by atoms with E-state index in [-0.39, 0.29) is 18.7 Å². The molecule has 4 heterocycles. The fraction of sp³-hybridized carbons (Fsp3) is 0.474. The zero-order valence-electron chi connectivity index (χ0n) is 15.0. The van der Waals surface area contributed by atoms with Crippen LogP contribution in [0.5, 0.6) is 0 Å². The van der Waals surface area contributed by atoms with Crippen molar-refractivity contribution < 1.29 is 19.2 Å². The van der Waals surface area contributed by atoms with Crippen LogP contribution in [0.25, 0.3) is 0 Å². The van der Waals surface area contributed by atoms with Crippen LogP contribution < -0.4 is 15.5 Å². The molecule has 4 aliphatic rings. The second kappa shape index (κ2) is 5.39. The van der Waals surface area contributed by atoms with E-state index in [1.807, 2.05) is 13.0 Å². The lowest BCUT2D eigenvalue weighted by molar-refractivity contribution is -0.136. The van der Waals surface area contributed by atoms with Crippen molar-refractivity contribution in [3.63, 3.8) is 0 Å². The van der Waals surface area contributed by atoms with Crippen molar-refractivity contribution in [3.05, 3.63) is 28.8 Å². The number of hydrogen-bond donors (Lipinski definition) is 2. The van der Waals surface area contributed by atoms with Gasteiger partial charge in [0.15, 0.2) is 0 Å². The Morgan fingerprint density at radius 2 is 1.81 bits per heavy atom. The standard InChI is InChI=1S/C19H20N4O4/c1-10-12(22-8-19(9-22)6-20-7-19)3-2-11-15(10)18(27)23(17(11)26)13-4-5-14(24)21-16(13)25/h2-3,13,20H,4-9H2,1H3,(H,21,24,25). The minimum absolute atomic E-state index is 0.123. The van der Waals surface area contributed by atoms with Gasteiger partial charge in [-0.15, -0.1) is 0 Å². The SMILES string of the molecule is Cc1c(N2CC3(CNC3)C2)ccc2c1C(=O)N(C1CCC(=O)NC1=O)C2=O. The van der Waals surface area contributed by atoms with E-state index in [0.29, 0.717) is 16.5 Å². The summed E-state index contributed by atoms with van der Waals surface area (Å²) >= 11 is 0. The van der Waals surface area contributed by atoms with Crippen molar-refractivity contribution in [1.29, 1.82) is 0 Å². The highest BCUT2D eigenvalue weighted by Crippen LogP contribution is 2.41. The molecule has 1 unspecified atom stereocenters. The van der Waals surface area contributed by atoms with Crippen molar-refractivity contribution in [2.75, 3.05) is 31.1 Å². The molecule has 3 saturated heterocycles. The average molecular weight is 368 g/mol. The fourth-order valence-corrected chi connectivity index (χ4v) is 4.69. The minimum Gasteiger partial charge on any atom is -0.370 e. The summed E-state index contributed by atoms with van der Waals surface area (Å²) in [4.78, 5) is 52.7. The highest BCUT2D eigenvalue weighted by atomic mass is 16.2. The number of hydrogen-bond acceptors (Lipinski definition) is 6. The van der Waals surface area contributed by atoms with Crippen LogP contribution >= 0.6 is 0 Å². The van der Waals surface area contributed by atoms with E-state index in [9.17, 15) is 19.2 Å². The molecule has 0 radical (unpaired) electrons. The molecule has 0 aliphatic carbocycles. The number of carbonyl (C=O) groups excluding carboxylic acids is 4. The summed E-state index contributed by atoms with van der Waals surface area (Å²) in [5, 5.41) is 5.52. The number of fused-ring (bicyclic) bond motifs is 1. The molecule has 0 bridgehead atoms. The van der Waals surface area contributed by atoms with E-state index < -0.39 is 23.8 Å². The molecule has 0 saturated carbocycles. The Hall–Kier alpha value is -2.74. The molecule has 1 aromatic rings.